The minimum atomic E-state index is -0.551. The molecule has 0 aromatic heterocycles. The molecule has 0 saturated carbocycles. The third kappa shape index (κ3) is 3.53. The molecule has 0 saturated heterocycles. The fourth-order valence-electron chi connectivity index (χ4n) is 1.32. The molecule has 1 atom stereocenters. The Balaban J connectivity index is 2.64. The number of aromatic hydroxyl groups is 1. The number of benzene rings is 1. The number of nitrogens with zero attached hydrogens (tertiary/aromatic N) is 1. The Bertz CT molecular complexity index is 312. The summed E-state index contributed by atoms with van der Waals surface area (Å²) in [6.07, 6.45) is -0.551. The Hall–Kier alpha value is -1.06. The van der Waals surface area contributed by atoms with Gasteiger partial charge in [-0.3, -0.25) is 0 Å². The van der Waals surface area contributed by atoms with Crippen molar-refractivity contribution in [3.63, 3.8) is 0 Å². The summed E-state index contributed by atoms with van der Waals surface area (Å²) >= 11 is 0. The highest BCUT2D eigenvalue weighted by molar-refractivity contribution is 5.28. The summed E-state index contributed by atoms with van der Waals surface area (Å²) in [4.78, 5) is 2.06. The van der Waals surface area contributed by atoms with E-state index in [2.05, 4.69) is 18.7 Å². The van der Waals surface area contributed by atoms with Crippen LogP contribution >= 0.6 is 0 Å². The van der Waals surface area contributed by atoms with Gasteiger partial charge in [0.05, 0.1) is 6.10 Å². The molecule has 0 amide bonds. The second-order valence-corrected chi connectivity index (χ2v) is 4.14. The van der Waals surface area contributed by atoms with Crippen LogP contribution in [-0.2, 0) is 0 Å². The predicted octanol–water partition coefficient (Wildman–Crippen LogP) is 1.77. The number of hydrogen-bond donors (Lipinski definition) is 2. The fourth-order valence-corrected chi connectivity index (χ4v) is 1.32. The second-order valence-electron chi connectivity index (χ2n) is 4.14. The van der Waals surface area contributed by atoms with Crippen LogP contribution in [0.25, 0.3) is 0 Å². The van der Waals surface area contributed by atoms with Crippen LogP contribution < -0.4 is 0 Å². The molecule has 0 spiro atoms. The quantitative estimate of drug-likeness (QED) is 0.794. The van der Waals surface area contributed by atoms with E-state index in [1.54, 1.807) is 18.2 Å². The first-order chi connectivity index (χ1) is 7.00. The van der Waals surface area contributed by atoms with Crippen molar-refractivity contribution in [2.75, 3.05) is 13.6 Å². The number of rotatable bonds is 4. The molecule has 0 bridgehead atoms. The smallest absolute Gasteiger partial charge is 0.115 e. The molecular weight excluding hydrogens is 190 g/mol. The summed E-state index contributed by atoms with van der Waals surface area (Å²) in [6.45, 7) is 4.73. The first-order valence-electron chi connectivity index (χ1n) is 5.18. The van der Waals surface area contributed by atoms with Crippen LogP contribution in [0.5, 0.6) is 5.75 Å². The van der Waals surface area contributed by atoms with Gasteiger partial charge in [-0.15, -0.1) is 0 Å². The normalized spacial score (nSPS) is 13.5. The summed E-state index contributed by atoms with van der Waals surface area (Å²) in [6, 6.07) is 7.15. The number of aliphatic hydroxyl groups excluding tert-OH is 1. The predicted molar refractivity (Wildman–Crippen MR) is 60.8 cm³/mol. The molecule has 3 heteroatoms. The number of likely N-dealkylation sites (N-methyl/N-ethyl adjacent to an activating group) is 1. The monoisotopic (exact) mass is 209 g/mol. The zero-order chi connectivity index (χ0) is 11.4. The van der Waals surface area contributed by atoms with E-state index in [-0.39, 0.29) is 5.75 Å². The summed E-state index contributed by atoms with van der Waals surface area (Å²) in [5.41, 5.74) is 0.752. The zero-order valence-electron chi connectivity index (χ0n) is 9.51. The molecule has 15 heavy (non-hydrogen) atoms. The maximum atomic E-state index is 9.91. The van der Waals surface area contributed by atoms with E-state index in [0.717, 1.165) is 5.56 Å². The summed E-state index contributed by atoms with van der Waals surface area (Å²) in [5.74, 6) is 0.193. The number of phenolic OH excluding ortho intramolecular Hbond substituents is 1. The van der Waals surface area contributed by atoms with Gasteiger partial charge in [-0.2, -0.15) is 0 Å². The van der Waals surface area contributed by atoms with Gasteiger partial charge in [0.1, 0.15) is 5.75 Å². The minimum absolute atomic E-state index is 0.193. The van der Waals surface area contributed by atoms with Crippen LogP contribution in [0.3, 0.4) is 0 Å². The topological polar surface area (TPSA) is 43.7 Å². The molecule has 0 unspecified atom stereocenters. The Morgan fingerprint density at radius 1 is 1.33 bits per heavy atom. The van der Waals surface area contributed by atoms with E-state index in [1.807, 2.05) is 13.1 Å². The molecule has 1 rings (SSSR count). The Morgan fingerprint density at radius 2 is 2.00 bits per heavy atom. The SMILES string of the molecule is CC(C)N(C)C[C@@H](O)c1cccc(O)c1. The van der Waals surface area contributed by atoms with Gasteiger partial charge in [0, 0.05) is 12.6 Å². The van der Waals surface area contributed by atoms with Crippen molar-refractivity contribution in [2.24, 2.45) is 0 Å². The fraction of sp³-hybridized carbons (Fsp3) is 0.500. The highest BCUT2D eigenvalue weighted by Gasteiger charge is 2.12. The van der Waals surface area contributed by atoms with E-state index < -0.39 is 6.10 Å². The van der Waals surface area contributed by atoms with Gasteiger partial charge in [0.15, 0.2) is 0 Å². The molecule has 1 aromatic carbocycles. The Morgan fingerprint density at radius 3 is 2.53 bits per heavy atom. The second kappa shape index (κ2) is 5.14. The maximum absolute atomic E-state index is 9.91. The third-order valence-corrected chi connectivity index (χ3v) is 2.60. The van der Waals surface area contributed by atoms with E-state index in [9.17, 15) is 10.2 Å². The van der Waals surface area contributed by atoms with E-state index in [1.165, 1.54) is 0 Å². The number of phenols is 1. The minimum Gasteiger partial charge on any atom is -0.508 e. The van der Waals surface area contributed by atoms with Crippen molar-refractivity contribution in [1.82, 2.24) is 4.90 Å². The molecule has 0 heterocycles. The van der Waals surface area contributed by atoms with Gasteiger partial charge < -0.3 is 15.1 Å². The average Bonchev–Trinajstić information content (AvgIpc) is 2.17. The van der Waals surface area contributed by atoms with Crippen LogP contribution in [0.1, 0.15) is 25.5 Å². The van der Waals surface area contributed by atoms with Crippen LogP contribution in [0, 0.1) is 0 Å². The van der Waals surface area contributed by atoms with Crippen LogP contribution in [0.4, 0.5) is 0 Å². The lowest BCUT2D eigenvalue weighted by Crippen LogP contribution is -2.30. The van der Waals surface area contributed by atoms with Crippen LogP contribution in [0.15, 0.2) is 24.3 Å². The lowest BCUT2D eigenvalue weighted by Gasteiger charge is -2.24. The van der Waals surface area contributed by atoms with Crippen molar-refractivity contribution < 1.29 is 10.2 Å². The molecule has 0 aliphatic carbocycles. The molecule has 84 valence electrons. The Labute approximate surface area is 91.0 Å². The summed E-state index contributed by atoms with van der Waals surface area (Å²) in [5, 5.41) is 19.2. The standard InChI is InChI=1S/C12H19NO2/c1-9(2)13(3)8-12(15)10-5-4-6-11(14)7-10/h4-7,9,12,14-15H,8H2,1-3H3/t12-/m1/s1. The maximum Gasteiger partial charge on any atom is 0.115 e. The van der Waals surface area contributed by atoms with Crippen LogP contribution in [0.2, 0.25) is 0 Å². The van der Waals surface area contributed by atoms with Crippen molar-refractivity contribution in [1.29, 1.82) is 0 Å². The van der Waals surface area contributed by atoms with E-state index >= 15 is 0 Å². The highest BCUT2D eigenvalue weighted by atomic mass is 16.3. The molecule has 0 aliphatic heterocycles. The first kappa shape index (κ1) is 12.0. The average molecular weight is 209 g/mol. The molecular formula is C12H19NO2. The number of aliphatic hydroxyl groups is 1. The lowest BCUT2D eigenvalue weighted by atomic mass is 10.1. The summed E-state index contributed by atoms with van der Waals surface area (Å²) in [7, 11) is 1.97. The van der Waals surface area contributed by atoms with Gasteiger partial charge >= 0.3 is 0 Å². The van der Waals surface area contributed by atoms with E-state index in [0.29, 0.717) is 12.6 Å². The Kier molecular flexibility index (Phi) is 4.12. The van der Waals surface area contributed by atoms with Gasteiger partial charge in [-0.25, -0.2) is 0 Å². The molecule has 3 nitrogen and oxygen atoms in total. The summed E-state index contributed by atoms with van der Waals surface area (Å²) < 4.78 is 0. The largest absolute Gasteiger partial charge is 0.508 e. The molecule has 0 aliphatic rings. The lowest BCUT2D eigenvalue weighted by molar-refractivity contribution is 0.112. The van der Waals surface area contributed by atoms with Crippen molar-refractivity contribution >= 4 is 0 Å². The van der Waals surface area contributed by atoms with Gasteiger partial charge in [0.25, 0.3) is 0 Å². The third-order valence-electron chi connectivity index (χ3n) is 2.60. The van der Waals surface area contributed by atoms with E-state index in [4.69, 9.17) is 0 Å². The molecule has 2 N–H and O–H groups in total. The number of hydrogen-bond acceptors (Lipinski definition) is 3. The highest BCUT2D eigenvalue weighted by Crippen LogP contribution is 2.19. The zero-order valence-corrected chi connectivity index (χ0v) is 9.51. The van der Waals surface area contributed by atoms with Crippen molar-refractivity contribution in [3.05, 3.63) is 29.8 Å². The van der Waals surface area contributed by atoms with Gasteiger partial charge in [-0.05, 0) is 38.6 Å². The molecule has 0 fully saturated rings. The molecule has 0 radical (unpaired) electrons. The first-order valence-corrected chi connectivity index (χ1v) is 5.18. The van der Waals surface area contributed by atoms with Crippen molar-refractivity contribution in [3.8, 4) is 5.75 Å². The van der Waals surface area contributed by atoms with Gasteiger partial charge in [0.2, 0.25) is 0 Å². The van der Waals surface area contributed by atoms with Crippen molar-refractivity contribution in [2.45, 2.75) is 26.0 Å². The van der Waals surface area contributed by atoms with Gasteiger partial charge in [-0.1, -0.05) is 12.1 Å². The van der Waals surface area contributed by atoms with Crippen LogP contribution in [-0.4, -0.2) is 34.7 Å². The molecule has 1 aromatic rings.